The van der Waals surface area contributed by atoms with Crippen molar-refractivity contribution in [3.05, 3.63) is 0 Å². The molecule has 6 heteroatoms. The predicted octanol–water partition coefficient (Wildman–Crippen LogP) is 1.64. The zero-order valence-corrected chi connectivity index (χ0v) is 15.8. The number of nitrogens with one attached hydrogen (secondary N) is 1. The number of hydrogen-bond acceptors (Lipinski definition) is 4. The zero-order chi connectivity index (χ0) is 17.1. The van der Waals surface area contributed by atoms with E-state index in [0.717, 1.165) is 6.54 Å². The monoisotopic (exact) mass is 329 g/mol. The minimum atomic E-state index is -0.451. The van der Waals surface area contributed by atoms with Crippen LogP contribution in [0.15, 0.2) is 0 Å². The number of hydrogen-bond donors (Lipinski definition) is 1. The van der Waals surface area contributed by atoms with Gasteiger partial charge in [-0.2, -0.15) is 0 Å². The summed E-state index contributed by atoms with van der Waals surface area (Å²) in [6.07, 6.45) is 0. The summed E-state index contributed by atoms with van der Waals surface area (Å²) < 4.78 is 0. The van der Waals surface area contributed by atoms with E-state index in [9.17, 15) is 9.59 Å². The van der Waals surface area contributed by atoms with Gasteiger partial charge in [-0.05, 0) is 19.5 Å². The Morgan fingerprint density at radius 3 is 2.32 bits per heavy atom. The van der Waals surface area contributed by atoms with E-state index in [2.05, 4.69) is 24.1 Å². The molecular weight excluding hydrogens is 298 g/mol. The summed E-state index contributed by atoms with van der Waals surface area (Å²) in [4.78, 5) is 28.8. The molecule has 0 saturated carbocycles. The van der Waals surface area contributed by atoms with Crippen molar-refractivity contribution in [3.8, 4) is 0 Å². The summed E-state index contributed by atoms with van der Waals surface area (Å²) >= 11 is 1.64. The van der Waals surface area contributed by atoms with Gasteiger partial charge in [-0.25, -0.2) is 0 Å². The van der Waals surface area contributed by atoms with Gasteiger partial charge in [0.1, 0.15) is 6.04 Å². The molecule has 1 aliphatic rings. The van der Waals surface area contributed by atoms with Crippen molar-refractivity contribution in [2.24, 2.45) is 10.8 Å². The third kappa shape index (κ3) is 5.47. The summed E-state index contributed by atoms with van der Waals surface area (Å²) in [6.45, 7) is 11.5. The first kappa shape index (κ1) is 19.3. The van der Waals surface area contributed by atoms with Gasteiger partial charge in [-0.1, -0.05) is 34.6 Å². The Balaban J connectivity index is 2.63. The molecule has 0 aromatic carbocycles. The lowest BCUT2D eigenvalue weighted by Gasteiger charge is -2.32. The van der Waals surface area contributed by atoms with Crippen LogP contribution in [0, 0.1) is 10.8 Å². The van der Waals surface area contributed by atoms with Gasteiger partial charge < -0.3 is 15.1 Å². The normalized spacial score (nSPS) is 19.6. The van der Waals surface area contributed by atoms with Crippen LogP contribution in [-0.2, 0) is 9.59 Å². The molecule has 1 heterocycles. The molecule has 128 valence electrons. The maximum atomic E-state index is 12.5. The fourth-order valence-electron chi connectivity index (χ4n) is 2.65. The van der Waals surface area contributed by atoms with Gasteiger partial charge in [0.05, 0.1) is 5.88 Å². The van der Waals surface area contributed by atoms with Crippen LogP contribution in [-0.4, -0.2) is 66.5 Å². The number of carbonyl (C=O) groups excluding carboxylic acids is 2. The van der Waals surface area contributed by atoms with Crippen LogP contribution in [0.1, 0.15) is 34.6 Å². The number of amides is 2. The zero-order valence-electron chi connectivity index (χ0n) is 15.0. The molecule has 5 nitrogen and oxygen atoms in total. The summed E-state index contributed by atoms with van der Waals surface area (Å²) in [5, 5.41) is 3.03. The van der Waals surface area contributed by atoms with Crippen LogP contribution >= 0.6 is 11.8 Å². The fraction of sp³-hybridized carbons (Fsp3) is 0.875. The molecule has 0 aromatic rings. The highest BCUT2D eigenvalue weighted by atomic mass is 32.2. The number of nitrogens with zero attached hydrogens (tertiary/aromatic N) is 2. The van der Waals surface area contributed by atoms with E-state index in [4.69, 9.17) is 0 Å². The molecule has 0 radical (unpaired) electrons. The number of carbonyl (C=O) groups is 2. The lowest BCUT2D eigenvalue weighted by molar-refractivity contribution is -0.144. The quantitative estimate of drug-likeness (QED) is 0.833. The average molecular weight is 330 g/mol. The molecule has 1 fully saturated rings. The van der Waals surface area contributed by atoms with Crippen LogP contribution < -0.4 is 5.32 Å². The highest BCUT2D eigenvalue weighted by Crippen LogP contribution is 2.27. The van der Waals surface area contributed by atoms with Crippen molar-refractivity contribution in [1.29, 1.82) is 0 Å². The van der Waals surface area contributed by atoms with Gasteiger partial charge in [0, 0.05) is 24.3 Å². The van der Waals surface area contributed by atoms with Crippen LogP contribution in [0.5, 0.6) is 0 Å². The first-order valence-electron chi connectivity index (χ1n) is 7.75. The molecule has 1 aliphatic heterocycles. The summed E-state index contributed by atoms with van der Waals surface area (Å²) in [5.41, 5.74) is -0.447. The standard InChI is InChI=1S/C16H31N3O2S/c1-15(2,3)14(21)19-11-22-8-12(19)13(20)17-9-16(4,5)10-18(6)7/h12H,8-11H2,1-7H3,(H,17,20)/t12-/m0/s1. The maximum Gasteiger partial charge on any atom is 0.243 e. The van der Waals surface area contributed by atoms with Crippen LogP contribution in [0.4, 0.5) is 0 Å². The average Bonchev–Trinajstić information content (AvgIpc) is 2.81. The lowest BCUT2D eigenvalue weighted by Crippen LogP contribution is -2.52. The molecule has 0 aromatic heterocycles. The second-order valence-corrected chi connectivity index (χ2v) is 9.16. The Kier molecular flexibility index (Phi) is 6.33. The SMILES string of the molecule is CN(C)CC(C)(C)CNC(=O)[C@@H]1CSCN1C(=O)C(C)(C)C. The van der Waals surface area contributed by atoms with Gasteiger partial charge in [0.2, 0.25) is 11.8 Å². The summed E-state index contributed by atoms with van der Waals surface area (Å²) in [7, 11) is 4.06. The molecule has 1 saturated heterocycles. The van der Waals surface area contributed by atoms with E-state index in [1.165, 1.54) is 0 Å². The number of thioether (sulfide) groups is 1. The Morgan fingerprint density at radius 2 is 1.82 bits per heavy atom. The third-order valence-corrected chi connectivity index (χ3v) is 4.59. The molecular formula is C16H31N3O2S. The number of rotatable bonds is 5. The predicted molar refractivity (Wildman–Crippen MR) is 92.8 cm³/mol. The van der Waals surface area contributed by atoms with Crippen LogP contribution in [0.2, 0.25) is 0 Å². The summed E-state index contributed by atoms with van der Waals surface area (Å²) in [6, 6.07) is -0.341. The highest BCUT2D eigenvalue weighted by molar-refractivity contribution is 7.99. The molecule has 2 amide bonds. The van der Waals surface area contributed by atoms with Crippen molar-refractivity contribution in [2.75, 3.05) is 38.8 Å². The van der Waals surface area contributed by atoms with Crippen LogP contribution in [0.25, 0.3) is 0 Å². The van der Waals surface area contributed by atoms with Gasteiger partial charge >= 0.3 is 0 Å². The minimum Gasteiger partial charge on any atom is -0.354 e. The molecule has 22 heavy (non-hydrogen) atoms. The maximum absolute atomic E-state index is 12.5. The van der Waals surface area contributed by atoms with Crippen molar-refractivity contribution in [2.45, 2.75) is 40.7 Å². The molecule has 0 unspecified atom stereocenters. The topological polar surface area (TPSA) is 52.7 Å². The third-order valence-electron chi connectivity index (χ3n) is 3.57. The first-order valence-corrected chi connectivity index (χ1v) is 8.91. The van der Waals surface area contributed by atoms with E-state index >= 15 is 0 Å². The van der Waals surface area contributed by atoms with Crippen molar-refractivity contribution in [1.82, 2.24) is 15.1 Å². The van der Waals surface area contributed by atoms with E-state index in [1.54, 1.807) is 16.7 Å². The molecule has 1 N–H and O–H groups in total. The Morgan fingerprint density at radius 1 is 1.23 bits per heavy atom. The highest BCUT2D eigenvalue weighted by Gasteiger charge is 2.39. The Bertz CT molecular complexity index is 416. The van der Waals surface area contributed by atoms with Gasteiger partial charge in [0.15, 0.2) is 0 Å². The second-order valence-electron chi connectivity index (χ2n) is 8.16. The molecule has 0 bridgehead atoms. The minimum absolute atomic E-state index is 0.00374. The van der Waals surface area contributed by atoms with Gasteiger partial charge in [0.25, 0.3) is 0 Å². The largest absolute Gasteiger partial charge is 0.354 e. The molecule has 1 rings (SSSR count). The van der Waals surface area contributed by atoms with E-state index < -0.39 is 5.41 Å². The van der Waals surface area contributed by atoms with E-state index in [1.807, 2.05) is 34.9 Å². The summed E-state index contributed by atoms with van der Waals surface area (Å²) in [5.74, 6) is 1.30. The van der Waals surface area contributed by atoms with E-state index in [0.29, 0.717) is 18.2 Å². The Hall–Kier alpha value is -0.750. The van der Waals surface area contributed by atoms with Gasteiger partial charge in [-0.3, -0.25) is 9.59 Å². The Labute approximate surface area is 139 Å². The molecule has 0 spiro atoms. The van der Waals surface area contributed by atoms with E-state index in [-0.39, 0.29) is 23.3 Å². The fourth-order valence-corrected chi connectivity index (χ4v) is 3.80. The van der Waals surface area contributed by atoms with Crippen LogP contribution in [0.3, 0.4) is 0 Å². The second kappa shape index (κ2) is 7.21. The smallest absolute Gasteiger partial charge is 0.243 e. The first-order chi connectivity index (χ1) is 9.94. The van der Waals surface area contributed by atoms with Crippen molar-refractivity contribution < 1.29 is 9.59 Å². The molecule has 0 aliphatic carbocycles. The lowest BCUT2D eigenvalue weighted by atomic mass is 9.92. The molecule has 1 atom stereocenters. The van der Waals surface area contributed by atoms with Gasteiger partial charge in [-0.15, -0.1) is 11.8 Å². The van der Waals surface area contributed by atoms with Crippen molar-refractivity contribution in [3.63, 3.8) is 0 Å². The van der Waals surface area contributed by atoms with Crippen molar-refractivity contribution >= 4 is 23.6 Å².